The molecule has 0 saturated heterocycles. The van der Waals surface area contributed by atoms with Crippen molar-refractivity contribution in [2.24, 2.45) is 0 Å². The number of benzene rings is 1. The van der Waals surface area contributed by atoms with Gasteiger partial charge in [0.2, 0.25) is 5.91 Å². The highest BCUT2D eigenvalue weighted by Gasteiger charge is 2.21. The van der Waals surface area contributed by atoms with Crippen molar-refractivity contribution in [3.05, 3.63) is 55.1 Å². The van der Waals surface area contributed by atoms with Crippen LogP contribution in [0.1, 0.15) is 5.56 Å². The molecule has 0 fully saturated rings. The van der Waals surface area contributed by atoms with Gasteiger partial charge in [-0.3, -0.25) is 4.79 Å². The van der Waals surface area contributed by atoms with E-state index in [0.29, 0.717) is 6.54 Å². The number of halogens is 2. The molecule has 0 atom stereocenters. The predicted molar refractivity (Wildman–Crippen MR) is 87.2 cm³/mol. The Morgan fingerprint density at radius 2 is 2.05 bits per heavy atom. The third kappa shape index (κ3) is 3.92. The Morgan fingerprint density at radius 1 is 1.36 bits per heavy atom. The monoisotopic (exact) mass is 430 g/mol. The van der Waals surface area contributed by atoms with Crippen LogP contribution in [0.2, 0.25) is 0 Å². The molecule has 0 saturated carbocycles. The van der Waals surface area contributed by atoms with Crippen LogP contribution >= 0.6 is 31.9 Å². The molecule has 1 amide bonds. The number of amides is 1. The van der Waals surface area contributed by atoms with Gasteiger partial charge >= 0.3 is 5.82 Å². The predicted octanol–water partition coefficient (Wildman–Crippen LogP) is 2.97. The molecule has 22 heavy (non-hydrogen) atoms. The summed E-state index contributed by atoms with van der Waals surface area (Å²) in [4.78, 5) is 23.9. The summed E-state index contributed by atoms with van der Waals surface area (Å²) < 4.78 is 2.42. The van der Waals surface area contributed by atoms with Crippen LogP contribution in [0, 0.1) is 10.1 Å². The van der Waals surface area contributed by atoms with Crippen molar-refractivity contribution in [3.8, 4) is 0 Å². The summed E-state index contributed by atoms with van der Waals surface area (Å²) in [6.07, 6.45) is 1.42. The molecular weight excluding hydrogens is 420 g/mol. The van der Waals surface area contributed by atoms with E-state index in [-0.39, 0.29) is 22.7 Å². The van der Waals surface area contributed by atoms with E-state index in [1.807, 2.05) is 24.3 Å². The topological polar surface area (TPSA) is 81.3 Å². The van der Waals surface area contributed by atoms with E-state index in [2.05, 4.69) is 37.0 Å². The van der Waals surface area contributed by atoms with Gasteiger partial charge in [-0.25, -0.2) is 0 Å². The van der Waals surface area contributed by atoms with Crippen molar-refractivity contribution in [2.45, 2.75) is 13.1 Å². The van der Waals surface area contributed by atoms with Gasteiger partial charge in [0, 0.05) is 18.1 Å². The van der Waals surface area contributed by atoms with Gasteiger partial charge in [-0.1, -0.05) is 34.1 Å². The zero-order chi connectivity index (χ0) is 16.3. The average Bonchev–Trinajstić information content (AvgIpc) is 2.82. The number of rotatable bonds is 5. The number of likely N-dealkylation sites (N-methyl/N-ethyl adjacent to an activating group) is 1. The van der Waals surface area contributed by atoms with Gasteiger partial charge in [0.25, 0.3) is 0 Å². The number of nitrogens with zero attached hydrogens (tertiary/aromatic N) is 4. The molecule has 1 aromatic carbocycles. The normalized spacial score (nSPS) is 10.5. The van der Waals surface area contributed by atoms with Gasteiger partial charge in [0.1, 0.15) is 11.0 Å². The third-order valence-corrected chi connectivity index (χ3v) is 4.29. The number of carbonyl (C=O) groups excluding carboxylic acids is 1. The van der Waals surface area contributed by atoms with Crippen LogP contribution in [-0.2, 0) is 17.9 Å². The second-order valence-corrected chi connectivity index (χ2v) is 6.31. The van der Waals surface area contributed by atoms with Crippen molar-refractivity contribution < 1.29 is 9.72 Å². The Hall–Kier alpha value is -1.74. The summed E-state index contributed by atoms with van der Waals surface area (Å²) in [6, 6.07) is 7.62. The van der Waals surface area contributed by atoms with Crippen LogP contribution in [0.25, 0.3) is 0 Å². The second kappa shape index (κ2) is 7.01. The molecule has 1 aromatic heterocycles. The maximum absolute atomic E-state index is 12.2. The standard InChI is InChI=1S/C13H12Br2N4O3/c1-17(6-9-4-2-3-5-10(9)14)12(20)8-18-7-11(15)13(16-18)19(21)22/h2-5,7H,6,8H2,1H3. The van der Waals surface area contributed by atoms with Crippen molar-refractivity contribution in [3.63, 3.8) is 0 Å². The minimum Gasteiger partial charge on any atom is -0.358 e. The number of hydrogen-bond acceptors (Lipinski definition) is 4. The fourth-order valence-corrected chi connectivity index (χ4v) is 2.69. The molecule has 9 heteroatoms. The zero-order valence-electron chi connectivity index (χ0n) is 11.6. The molecule has 0 radical (unpaired) electrons. The second-order valence-electron chi connectivity index (χ2n) is 4.60. The first-order chi connectivity index (χ1) is 10.4. The van der Waals surface area contributed by atoms with Crippen LogP contribution in [0.4, 0.5) is 5.82 Å². The molecule has 0 unspecified atom stereocenters. The smallest absolute Gasteiger partial charge is 0.358 e. The Morgan fingerprint density at radius 3 is 2.64 bits per heavy atom. The Balaban J connectivity index is 2.04. The molecule has 116 valence electrons. The van der Waals surface area contributed by atoms with Crippen LogP contribution in [-0.4, -0.2) is 32.6 Å². The van der Waals surface area contributed by atoms with Gasteiger partial charge in [-0.15, -0.1) is 0 Å². The molecule has 0 spiro atoms. The molecule has 2 rings (SSSR count). The summed E-state index contributed by atoms with van der Waals surface area (Å²) >= 11 is 6.48. The van der Waals surface area contributed by atoms with Crippen molar-refractivity contribution >= 4 is 43.6 Å². The van der Waals surface area contributed by atoms with Gasteiger partial charge < -0.3 is 15.0 Å². The first-order valence-corrected chi connectivity index (χ1v) is 7.82. The third-order valence-electron chi connectivity index (χ3n) is 2.96. The molecule has 2 aromatic rings. The maximum Gasteiger partial charge on any atom is 0.404 e. The first kappa shape index (κ1) is 16.6. The fraction of sp³-hybridized carbons (Fsp3) is 0.231. The van der Waals surface area contributed by atoms with Crippen LogP contribution < -0.4 is 0 Å². The van der Waals surface area contributed by atoms with E-state index in [0.717, 1.165) is 10.0 Å². The Labute approximate surface area is 143 Å². The summed E-state index contributed by atoms with van der Waals surface area (Å²) in [5.74, 6) is -0.498. The minimum atomic E-state index is -0.601. The summed E-state index contributed by atoms with van der Waals surface area (Å²) in [5.41, 5.74) is 0.978. The Kier molecular flexibility index (Phi) is 5.30. The van der Waals surface area contributed by atoms with E-state index < -0.39 is 4.92 Å². The average molecular weight is 432 g/mol. The summed E-state index contributed by atoms with van der Waals surface area (Å²) in [6.45, 7) is 0.373. The molecule has 0 N–H and O–H groups in total. The highest BCUT2D eigenvalue weighted by atomic mass is 79.9. The summed E-state index contributed by atoms with van der Waals surface area (Å²) in [7, 11) is 1.68. The van der Waals surface area contributed by atoms with Gasteiger partial charge in [0.05, 0.1) is 11.3 Å². The molecular formula is C13H12Br2N4O3. The zero-order valence-corrected chi connectivity index (χ0v) is 14.7. The quantitative estimate of drug-likeness (QED) is 0.538. The summed E-state index contributed by atoms with van der Waals surface area (Å²) in [5, 5.41) is 14.5. The number of nitro groups is 1. The van der Waals surface area contributed by atoms with Crippen LogP contribution in [0.15, 0.2) is 39.4 Å². The number of hydrogen-bond donors (Lipinski definition) is 0. The lowest BCUT2D eigenvalue weighted by atomic mass is 10.2. The first-order valence-electron chi connectivity index (χ1n) is 6.23. The number of carbonyl (C=O) groups is 1. The minimum absolute atomic E-state index is 0.0621. The molecule has 0 aliphatic carbocycles. The van der Waals surface area contributed by atoms with E-state index in [1.165, 1.54) is 10.9 Å². The van der Waals surface area contributed by atoms with Gasteiger partial charge in [0.15, 0.2) is 0 Å². The van der Waals surface area contributed by atoms with E-state index in [9.17, 15) is 14.9 Å². The Bertz CT molecular complexity index is 717. The van der Waals surface area contributed by atoms with Crippen molar-refractivity contribution in [1.29, 1.82) is 0 Å². The molecule has 0 bridgehead atoms. The lowest BCUT2D eigenvalue weighted by molar-refractivity contribution is -0.390. The van der Waals surface area contributed by atoms with Crippen molar-refractivity contribution in [1.82, 2.24) is 14.7 Å². The molecule has 1 heterocycles. The lowest BCUT2D eigenvalue weighted by Gasteiger charge is -2.17. The maximum atomic E-state index is 12.2. The van der Waals surface area contributed by atoms with E-state index >= 15 is 0 Å². The molecule has 0 aliphatic heterocycles. The molecule has 7 nitrogen and oxygen atoms in total. The van der Waals surface area contributed by atoms with Gasteiger partial charge in [-0.2, -0.15) is 4.68 Å². The SMILES string of the molecule is CN(Cc1ccccc1Br)C(=O)Cn1cc(Br)c([N+](=O)[O-])n1. The lowest BCUT2D eigenvalue weighted by Crippen LogP contribution is -2.30. The van der Waals surface area contributed by atoms with Crippen molar-refractivity contribution in [2.75, 3.05) is 7.05 Å². The highest BCUT2D eigenvalue weighted by Crippen LogP contribution is 2.22. The van der Waals surface area contributed by atoms with Crippen LogP contribution in [0.3, 0.4) is 0 Å². The van der Waals surface area contributed by atoms with E-state index in [1.54, 1.807) is 11.9 Å². The largest absolute Gasteiger partial charge is 0.404 e. The van der Waals surface area contributed by atoms with Gasteiger partial charge in [-0.05, 0) is 32.5 Å². The fourth-order valence-electron chi connectivity index (χ4n) is 1.82. The van der Waals surface area contributed by atoms with E-state index in [4.69, 9.17) is 0 Å². The molecule has 0 aliphatic rings. The van der Waals surface area contributed by atoms with Crippen LogP contribution in [0.5, 0.6) is 0 Å². The number of aromatic nitrogens is 2. The highest BCUT2D eigenvalue weighted by molar-refractivity contribution is 9.10.